The maximum atomic E-state index is 13.4. The molecule has 4 nitrogen and oxygen atoms in total. The summed E-state index contributed by atoms with van der Waals surface area (Å²) in [5.41, 5.74) is 0.751. The molecule has 0 aliphatic carbocycles. The minimum atomic E-state index is -0.323. The van der Waals surface area contributed by atoms with Crippen molar-refractivity contribution >= 4 is 0 Å². The Morgan fingerprint density at radius 3 is 2.67 bits per heavy atom. The van der Waals surface area contributed by atoms with E-state index < -0.39 is 0 Å². The van der Waals surface area contributed by atoms with Crippen LogP contribution in [0, 0.1) is 5.82 Å². The third kappa shape index (κ3) is 5.25. The van der Waals surface area contributed by atoms with E-state index >= 15 is 0 Å². The van der Waals surface area contributed by atoms with Gasteiger partial charge in [-0.3, -0.25) is 0 Å². The number of rotatable bonds is 4. The standard InChI is InChI=1S/C16H26FN3O/c1-16(2,3)19-10-12-9-13(17)11-18-15(12)21-14-5-7-20(4)8-6-14/h9,11,14,19H,5-8,10H2,1-4H3. The minimum absolute atomic E-state index is 0.0306. The lowest BCUT2D eigenvalue weighted by Gasteiger charge is -2.29. The summed E-state index contributed by atoms with van der Waals surface area (Å²) in [4.78, 5) is 6.43. The SMILES string of the molecule is CN1CCC(Oc2ncc(F)cc2CNC(C)(C)C)CC1. The van der Waals surface area contributed by atoms with Crippen LogP contribution >= 0.6 is 0 Å². The van der Waals surface area contributed by atoms with Crippen LogP contribution < -0.4 is 10.1 Å². The van der Waals surface area contributed by atoms with Gasteiger partial charge in [0.1, 0.15) is 11.9 Å². The second-order valence-corrected chi connectivity index (χ2v) is 6.84. The molecule has 0 amide bonds. The lowest BCUT2D eigenvalue weighted by molar-refractivity contribution is 0.108. The van der Waals surface area contributed by atoms with Gasteiger partial charge < -0.3 is 15.0 Å². The first-order valence-electron chi connectivity index (χ1n) is 7.58. The Morgan fingerprint density at radius 1 is 1.38 bits per heavy atom. The van der Waals surface area contributed by atoms with Crippen molar-refractivity contribution in [1.29, 1.82) is 0 Å². The van der Waals surface area contributed by atoms with Gasteiger partial charge in [-0.1, -0.05) is 0 Å². The number of aromatic nitrogens is 1. The zero-order valence-corrected chi connectivity index (χ0v) is 13.4. The van der Waals surface area contributed by atoms with E-state index in [1.165, 1.54) is 12.3 Å². The van der Waals surface area contributed by atoms with Crippen molar-refractivity contribution in [3.63, 3.8) is 0 Å². The summed E-state index contributed by atoms with van der Waals surface area (Å²) >= 11 is 0. The fourth-order valence-corrected chi connectivity index (χ4v) is 2.32. The summed E-state index contributed by atoms with van der Waals surface area (Å²) in [7, 11) is 2.12. The summed E-state index contributed by atoms with van der Waals surface area (Å²) in [5, 5.41) is 3.36. The van der Waals surface area contributed by atoms with E-state index in [-0.39, 0.29) is 17.5 Å². The van der Waals surface area contributed by atoms with Crippen molar-refractivity contribution in [3.8, 4) is 5.88 Å². The van der Waals surface area contributed by atoms with E-state index in [1.54, 1.807) is 0 Å². The maximum Gasteiger partial charge on any atom is 0.218 e. The Bertz CT molecular complexity index is 465. The number of ether oxygens (including phenoxy) is 1. The van der Waals surface area contributed by atoms with Crippen LogP contribution in [-0.2, 0) is 6.54 Å². The number of nitrogens with one attached hydrogen (secondary N) is 1. The van der Waals surface area contributed by atoms with Crippen molar-refractivity contribution in [2.24, 2.45) is 0 Å². The second-order valence-electron chi connectivity index (χ2n) is 6.84. The lowest BCUT2D eigenvalue weighted by Crippen LogP contribution is -2.37. The van der Waals surface area contributed by atoms with Crippen molar-refractivity contribution < 1.29 is 9.13 Å². The predicted octanol–water partition coefficient (Wildman–Crippen LogP) is 2.58. The second kappa shape index (κ2) is 6.71. The topological polar surface area (TPSA) is 37.4 Å². The summed E-state index contributed by atoms with van der Waals surface area (Å²) in [5.74, 6) is 0.235. The molecular formula is C16H26FN3O. The Balaban J connectivity index is 2.04. The Morgan fingerprint density at radius 2 is 2.05 bits per heavy atom. The highest BCUT2D eigenvalue weighted by Gasteiger charge is 2.20. The molecule has 0 bridgehead atoms. The van der Waals surface area contributed by atoms with Gasteiger partial charge >= 0.3 is 0 Å². The lowest BCUT2D eigenvalue weighted by atomic mass is 10.1. The van der Waals surface area contributed by atoms with Gasteiger partial charge in [-0.05, 0) is 46.7 Å². The fourth-order valence-electron chi connectivity index (χ4n) is 2.32. The van der Waals surface area contributed by atoms with Crippen molar-refractivity contribution in [2.75, 3.05) is 20.1 Å². The molecule has 0 saturated carbocycles. The summed E-state index contributed by atoms with van der Waals surface area (Å²) in [6.45, 7) is 8.85. The number of piperidine rings is 1. The van der Waals surface area contributed by atoms with Crippen LogP contribution in [0.5, 0.6) is 5.88 Å². The van der Waals surface area contributed by atoms with Gasteiger partial charge in [-0.15, -0.1) is 0 Å². The molecular weight excluding hydrogens is 269 g/mol. The molecule has 5 heteroatoms. The molecule has 0 radical (unpaired) electrons. The Kier molecular flexibility index (Phi) is 5.17. The zero-order chi connectivity index (χ0) is 15.5. The number of nitrogens with zero attached hydrogens (tertiary/aromatic N) is 2. The van der Waals surface area contributed by atoms with Gasteiger partial charge in [0.2, 0.25) is 5.88 Å². The van der Waals surface area contributed by atoms with Crippen LogP contribution in [0.4, 0.5) is 4.39 Å². The molecule has 0 atom stereocenters. The number of hydrogen-bond acceptors (Lipinski definition) is 4. The molecule has 1 aromatic rings. The van der Waals surface area contributed by atoms with Gasteiger partial charge in [0.05, 0.1) is 6.20 Å². The molecule has 0 spiro atoms. The van der Waals surface area contributed by atoms with E-state index in [0.717, 1.165) is 31.5 Å². The fraction of sp³-hybridized carbons (Fsp3) is 0.688. The smallest absolute Gasteiger partial charge is 0.218 e. The molecule has 2 heterocycles. The van der Waals surface area contributed by atoms with E-state index in [1.807, 2.05) is 0 Å². The van der Waals surface area contributed by atoms with Crippen molar-refractivity contribution in [2.45, 2.75) is 51.8 Å². The molecule has 1 aliphatic rings. The Hall–Kier alpha value is -1.20. The molecule has 1 saturated heterocycles. The normalized spacial score (nSPS) is 18.0. The summed E-state index contributed by atoms with van der Waals surface area (Å²) in [6.07, 6.45) is 3.38. The highest BCUT2D eigenvalue weighted by atomic mass is 19.1. The Labute approximate surface area is 126 Å². The molecule has 21 heavy (non-hydrogen) atoms. The van der Waals surface area contributed by atoms with Gasteiger partial charge in [-0.2, -0.15) is 0 Å². The first-order chi connectivity index (χ1) is 9.83. The molecule has 0 unspecified atom stereocenters. The number of halogens is 1. The first kappa shape index (κ1) is 16.2. The van der Waals surface area contributed by atoms with Gasteiger partial charge in [-0.25, -0.2) is 9.37 Å². The van der Waals surface area contributed by atoms with Crippen LogP contribution in [0.15, 0.2) is 12.3 Å². The highest BCUT2D eigenvalue weighted by molar-refractivity contribution is 5.26. The van der Waals surface area contributed by atoms with E-state index in [2.05, 4.69) is 43.0 Å². The maximum absolute atomic E-state index is 13.4. The molecule has 1 fully saturated rings. The van der Waals surface area contributed by atoms with Crippen LogP contribution in [0.1, 0.15) is 39.2 Å². The van der Waals surface area contributed by atoms with Gasteiger partial charge in [0.25, 0.3) is 0 Å². The van der Waals surface area contributed by atoms with E-state index in [0.29, 0.717) is 12.4 Å². The number of pyridine rings is 1. The number of hydrogen-bond donors (Lipinski definition) is 1. The van der Waals surface area contributed by atoms with Gasteiger partial charge in [0.15, 0.2) is 0 Å². The first-order valence-corrected chi connectivity index (χ1v) is 7.58. The van der Waals surface area contributed by atoms with Crippen molar-refractivity contribution in [3.05, 3.63) is 23.6 Å². The van der Waals surface area contributed by atoms with Crippen molar-refractivity contribution in [1.82, 2.24) is 15.2 Å². The zero-order valence-electron chi connectivity index (χ0n) is 13.4. The third-order valence-electron chi connectivity index (χ3n) is 3.65. The minimum Gasteiger partial charge on any atom is -0.474 e. The largest absolute Gasteiger partial charge is 0.474 e. The van der Waals surface area contributed by atoms with Gasteiger partial charge in [0, 0.05) is 30.7 Å². The molecule has 1 N–H and O–H groups in total. The monoisotopic (exact) mass is 295 g/mol. The van der Waals surface area contributed by atoms with E-state index in [4.69, 9.17) is 4.74 Å². The van der Waals surface area contributed by atoms with Crippen LogP contribution in [0.2, 0.25) is 0 Å². The third-order valence-corrected chi connectivity index (χ3v) is 3.65. The summed E-state index contributed by atoms with van der Waals surface area (Å²) in [6, 6.07) is 1.51. The van der Waals surface area contributed by atoms with Crippen LogP contribution in [0.25, 0.3) is 0 Å². The molecule has 2 rings (SSSR count). The summed E-state index contributed by atoms with van der Waals surface area (Å²) < 4.78 is 19.5. The quantitative estimate of drug-likeness (QED) is 0.926. The highest BCUT2D eigenvalue weighted by Crippen LogP contribution is 2.22. The van der Waals surface area contributed by atoms with E-state index in [9.17, 15) is 4.39 Å². The molecule has 118 valence electrons. The average Bonchev–Trinajstić information content (AvgIpc) is 2.40. The molecule has 0 aromatic carbocycles. The average molecular weight is 295 g/mol. The predicted molar refractivity (Wildman–Crippen MR) is 81.9 cm³/mol. The number of likely N-dealkylation sites (tertiary alicyclic amines) is 1. The molecule has 1 aliphatic heterocycles. The van der Waals surface area contributed by atoms with Crippen LogP contribution in [0.3, 0.4) is 0 Å². The van der Waals surface area contributed by atoms with Crippen LogP contribution in [-0.4, -0.2) is 41.7 Å². The molecule has 1 aromatic heterocycles.